The highest BCUT2D eigenvalue weighted by Gasteiger charge is 2.26. The van der Waals surface area contributed by atoms with E-state index in [1.54, 1.807) is 12.4 Å². The number of piperidine rings is 1. The number of amides is 1. The number of rotatable bonds is 4. The number of pyridine rings is 1. The Labute approximate surface area is 164 Å². The van der Waals surface area contributed by atoms with Crippen molar-refractivity contribution in [2.24, 2.45) is 5.92 Å². The van der Waals surface area contributed by atoms with Crippen LogP contribution in [0, 0.1) is 12.8 Å². The molecule has 0 atom stereocenters. The van der Waals surface area contributed by atoms with Gasteiger partial charge in [0.1, 0.15) is 0 Å². The van der Waals surface area contributed by atoms with E-state index in [4.69, 9.17) is 0 Å². The largest absolute Gasteiger partial charge is 0.355 e. The lowest BCUT2D eigenvalue weighted by molar-refractivity contribution is -0.120. The number of carbonyl (C=O) groups is 1. The van der Waals surface area contributed by atoms with Crippen molar-refractivity contribution < 1.29 is 4.79 Å². The van der Waals surface area contributed by atoms with Gasteiger partial charge in [-0.25, -0.2) is 0 Å². The topological polar surface area (TPSA) is 71.0 Å². The minimum Gasteiger partial charge on any atom is -0.355 e. The van der Waals surface area contributed by atoms with Crippen LogP contribution in [0.4, 0.5) is 11.5 Å². The fourth-order valence-corrected chi connectivity index (χ4v) is 3.50. The first-order chi connectivity index (χ1) is 13.7. The molecule has 6 nitrogen and oxygen atoms in total. The Bertz CT molecular complexity index is 935. The smallest absolute Gasteiger partial charge is 0.227 e. The molecular formula is C22H23N5O. The first kappa shape index (κ1) is 18.1. The van der Waals surface area contributed by atoms with Gasteiger partial charge in [0.2, 0.25) is 5.91 Å². The maximum Gasteiger partial charge on any atom is 0.227 e. The predicted octanol–water partition coefficient (Wildman–Crippen LogP) is 3.70. The van der Waals surface area contributed by atoms with Crippen molar-refractivity contribution in [2.75, 3.05) is 23.3 Å². The molecule has 0 radical (unpaired) electrons. The van der Waals surface area contributed by atoms with Crippen molar-refractivity contribution in [1.29, 1.82) is 0 Å². The van der Waals surface area contributed by atoms with Crippen molar-refractivity contribution in [3.63, 3.8) is 0 Å². The average molecular weight is 373 g/mol. The van der Waals surface area contributed by atoms with Gasteiger partial charge in [0.05, 0.1) is 5.69 Å². The van der Waals surface area contributed by atoms with Gasteiger partial charge in [-0.05, 0) is 61.7 Å². The Balaban J connectivity index is 1.34. The van der Waals surface area contributed by atoms with Crippen LogP contribution in [0.1, 0.15) is 18.4 Å². The number of aryl methyl sites for hydroxylation is 1. The van der Waals surface area contributed by atoms with Crippen molar-refractivity contribution in [1.82, 2.24) is 15.2 Å². The summed E-state index contributed by atoms with van der Waals surface area (Å²) in [7, 11) is 0. The SMILES string of the molecule is Cc1cccc(NC(=O)C2CCN(c3ccc(-c4cccnc4)nn3)CC2)c1. The lowest BCUT2D eigenvalue weighted by atomic mass is 9.95. The average Bonchev–Trinajstić information content (AvgIpc) is 2.75. The van der Waals surface area contributed by atoms with Gasteiger partial charge >= 0.3 is 0 Å². The standard InChI is InChI=1S/C22H23N5O/c1-16-4-2-6-19(14-16)24-22(28)17-9-12-27(13-10-17)21-8-7-20(25-26-21)18-5-3-11-23-15-18/h2-8,11,14-15,17H,9-10,12-13H2,1H3,(H,24,28). The van der Waals surface area contributed by atoms with Crippen molar-refractivity contribution in [3.05, 3.63) is 66.5 Å². The number of anilines is 2. The fraction of sp³-hybridized carbons (Fsp3) is 0.273. The van der Waals surface area contributed by atoms with Crippen LogP contribution in [0.25, 0.3) is 11.3 Å². The van der Waals surface area contributed by atoms with Crippen LogP contribution in [0.5, 0.6) is 0 Å². The summed E-state index contributed by atoms with van der Waals surface area (Å²) >= 11 is 0. The molecule has 1 fully saturated rings. The Morgan fingerprint density at radius 3 is 2.61 bits per heavy atom. The molecule has 1 aliphatic heterocycles. The lowest BCUT2D eigenvalue weighted by Gasteiger charge is -2.31. The van der Waals surface area contributed by atoms with Gasteiger partial charge in [0, 0.05) is 42.7 Å². The van der Waals surface area contributed by atoms with Crippen LogP contribution in [0.2, 0.25) is 0 Å². The van der Waals surface area contributed by atoms with Crippen LogP contribution in [-0.2, 0) is 4.79 Å². The van der Waals surface area contributed by atoms with E-state index in [-0.39, 0.29) is 11.8 Å². The minimum absolute atomic E-state index is 0.0272. The Kier molecular flexibility index (Phi) is 5.28. The Hall–Kier alpha value is -3.28. The van der Waals surface area contributed by atoms with E-state index in [9.17, 15) is 4.79 Å². The summed E-state index contributed by atoms with van der Waals surface area (Å²) in [6.45, 7) is 3.62. The summed E-state index contributed by atoms with van der Waals surface area (Å²) in [6, 6.07) is 15.7. The molecule has 0 saturated carbocycles. The fourth-order valence-electron chi connectivity index (χ4n) is 3.50. The second kappa shape index (κ2) is 8.17. The molecule has 3 aromatic rings. The van der Waals surface area contributed by atoms with Crippen LogP contribution in [-0.4, -0.2) is 34.2 Å². The molecule has 6 heteroatoms. The van der Waals surface area contributed by atoms with Crippen LogP contribution in [0.3, 0.4) is 0 Å². The summed E-state index contributed by atoms with van der Waals surface area (Å²) in [4.78, 5) is 18.9. The summed E-state index contributed by atoms with van der Waals surface area (Å²) in [5, 5.41) is 11.7. The van der Waals surface area contributed by atoms with E-state index >= 15 is 0 Å². The number of nitrogens with one attached hydrogen (secondary N) is 1. The molecule has 1 aromatic carbocycles. The predicted molar refractivity (Wildman–Crippen MR) is 110 cm³/mol. The first-order valence-electron chi connectivity index (χ1n) is 9.56. The van der Waals surface area contributed by atoms with Gasteiger partial charge in [-0.1, -0.05) is 12.1 Å². The molecular weight excluding hydrogens is 350 g/mol. The summed E-state index contributed by atoms with van der Waals surface area (Å²) in [5.41, 5.74) is 3.77. The molecule has 1 amide bonds. The lowest BCUT2D eigenvalue weighted by Crippen LogP contribution is -2.38. The normalized spacial score (nSPS) is 14.7. The number of carbonyl (C=O) groups excluding carboxylic acids is 1. The number of nitrogens with zero attached hydrogens (tertiary/aromatic N) is 4. The number of aromatic nitrogens is 3. The third-order valence-corrected chi connectivity index (χ3v) is 5.08. The van der Waals surface area contributed by atoms with Gasteiger partial charge < -0.3 is 10.2 Å². The van der Waals surface area contributed by atoms with Crippen molar-refractivity contribution >= 4 is 17.4 Å². The maximum absolute atomic E-state index is 12.6. The van der Waals surface area contributed by atoms with Crippen LogP contribution < -0.4 is 10.2 Å². The van der Waals surface area contributed by atoms with E-state index in [1.807, 2.05) is 55.5 Å². The summed E-state index contributed by atoms with van der Waals surface area (Å²) < 4.78 is 0. The van der Waals surface area contributed by atoms with Gasteiger partial charge in [0.15, 0.2) is 5.82 Å². The van der Waals surface area contributed by atoms with Gasteiger partial charge in [-0.2, -0.15) is 0 Å². The minimum atomic E-state index is 0.0272. The van der Waals surface area contributed by atoms with E-state index in [0.29, 0.717) is 0 Å². The molecule has 1 N–H and O–H groups in total. The molecule has 1 aliphatic rings. The van der Waals surface area contributed by atoms with E-state index in [1.165, 1.54) is 0 Å². The molecule has 1 saturated heterocycles. The molecule has 0 unspecified atom stereocenters. The molecule has 4 rings (SSSR count). The highest BCUT2D eigenvalue weighted by molar-refractivity contribution is 5.92. The highest BCUT2D eigenvalue weighted by Crippen LogP contribution is 2.24. The van der Waals surface area contributed by atoms with Gasteiger partial charge in [0.25, 0.3) is 0 Å². The second-order valence-electron chi connectivity index (χ2n) is 7.14. The number of benzene rings is 1. The molecule has 2 aromatic heterocycles. The van der Waals surface area contributed by atoms with Crippen LogP contribution >= 0.6 is 0 Å². The van der Waals surface area contributed by atoms with E-state index in [2.05, 4.69) is 25.4 Å². The quantitative estimate of drug-likeness (QED) is 0.755. The summed E-state index contributed by atoms with van der Waals surface area (Å²) in [6.07, 6.45) is 5.14. The molecule has 3 heterocycles. The molecule has 0 aliphatic carbocycles. The van der Waals surface area contributed by atoms with E-state index < -0.39 is 0 Å². The third-order valence-electron chi connectivity index (χ3n) is 5.08. The number of hydrogen-bond donors (Lipinski definition) is 1. The van der Waals surface area contributed by atoms with Crippen molar-refractivity contribution in [2.45, 2.75) is 19.8 Å². The monoisotopic (exact) mass is 373 g/mol. The van der Waals surface area contributed by atoms with Gasteiger partial charge in [-0.3, -0.25) is 9.78 Å². The molecule has 0 spiro atoms. The molecule has 0 bridgehead atoms. The van der Waals surface area contributed by atoms with Crippen molar-refractivity contribution in [3.8, 4) is 11.3 Å². The second-order valence-corrected chi connectivity index (χ2v) is 7.14. The Morgan fingerprint density at radius 2 is 1.93 bits per heavy atom. The van der Waals surface area contributed by atoms with E-state index in [0.717, 1.165) is 54.3 Å². The summed E-state index contributed by atoms with van der Waals surface area (Å²) in [5.74, 6) is 0.979. The maximum atomic E-state index is 12.6. The van der Waals surface area contributed by atoms with Gasteiger partial charge in [-0.15, -0.1) is 10.2 Å². The number of hydrogen-bond acceptors (Lipinski definition) is 5. The zero-order chi connectivity index (χ0) is 19.3. The molecule has 142 valence electrons. The first-order valence-corrected chi connectivity index (χ1v) is 9.56. The third kappa shape index (κ3) is 4.17. The zero-order valence-electron chi connectivity index (χ0n) is 15.9. The highest BCUT2D eigenvalue weighted by atomic mass is 16.1. The zero-order valence-corrected chi connectivity index (χ0v) is 15.9. The Morgan fingerprint density at radius 1 is 1.07 bits per heavy atom. The molecule has 28 heavy (non-hydrogen) atoms. The van der Waals surface area contributed by atoms with Crippen LogP contribution in [0.15, 0.2) is 60.9 Å².